The van der Waals surface area contributed by atoms with Crippen LogP contribution in [-0.4, -0.2) is 22.8 Å². The number of carbonyl (C=O) groups excluding carboxylic acids is 1. The Hall–Kier alpha value is -1.63. The van der Waals surface area contributed by atoms with Crippen molar-refractivity contribution >= 4 is 40.3 Å². The summed E-state index contributed by atoms with van der Waals surface area (Å²) in [7, 11) is 1.86. The molecule has 0 aliphatic rings. The van der Waals surface area contributed by atoms with Crippen LogP contribution in [0.1, 0.15) is 26.5 Å². The lowest BCUT2D eigenvalue weighted by molar-refractivity contribution is 0.0783. The summed E-state index contributed by atoms with van der Waals surface area (Å²) in [5, 5.41) is 4.11. The predicted molar refractivity (Wildman–Crippen MR) is 103 cm³/mol. The zero-order valence-electron chi connectivity index (χ0n) is 13.6. The van der Waals surface area contributed by atoms with Crippen molar-refractivity contribution in [2.24, 2.45) is 0 Å². The van der Waals surface area contributed by atoms with E-state index in [1.807, 2.05) is 42.2 Å². The van der Waals surface area contributed by atoms with E-state index in [1.54, 1.807) is 39.3 Å². The van der Waals surface area contributed by atoms with Crippen LogP contribution < -0.4 is 0 Å². The molecule has 0 aliphatic carbocycles. The third kappa shape index (κ3) is 4.06. The van der Waals surface area contributed by atoms with Crippen LogP contribution in [0.4, 0.5) is 0 Å². The fourth-order valence-corrected chi connectivity index (χ4v) is 4.86. The van der Waals surface area contributed by atoms with Crippen molar-refractivity contribution in [3.8, 4) is 0 Å². The zero-order chi connectivity index (χ0) is 16.9. The van der Waals surface area contributed by atoms with Crippen molar-refractivity contribution in [2.75, 3.05) is 7.05 Å². The Morgan fingerprint density at radius 1 is 1.29 bits per heavy atom. The molecule has 0 saturated heterocycles. The highest BCUT2D eigenvalue weighted by Crippen LogP contribution is 2.27. The highest BCUT2D eigenvalue weighted by atomic mass is 32.2. The van der Waals surface area contributed by atoms with Gasteiger partial charge in [0.1, 0.15) is 0 Å². The summed E-state index contributed by atoms with van der Waals surface area (Å²) < 4.78 is 0. The van der Waals surface area contributed by atoms with Crippen molar-refractivity contribution in [3.05, 3.63) is 68.3 Å². The minimum atomic E-state index is 0.0594. The van der Waals surface area contributed by atoms with Crippen LogP contribution in [0.15, 0.2) is 51.5 Å². The molecule has 0 atom stereocenters. The van der Waals surface area contributed by atoms with E-state index >= 15 is 0 Å². The molecule has 6 heteroatoms. The van der Waals surface area contributed by atoms with E-state index < -0.39 is 0 Å². The summed E-state index contributed by atoms with van der Waals surface area (Å²) in [5.41, 5.74) is 4.89. The second-order valence-corrected chi connectivity index (χ2v) is 8.19. The number of hydrogen-bond donors (Lipinski definition) is 0. The molecule has 0 saturated carbocycles. The van der Waals surface area contributed by atoms with Crippen LogP contribution in [0, 0.1) is 6.92 Å². The highest BCUT2D eigenvalue weighted by Gasteiger charge is 2.17. The molecule has 124 valence electrons. The average Bonchev–Trinajstić information content (AvgIpc) is 3.25. The molecule has 3 rings (SSSR count). The van der Waals surface area contributed by atoms with Gasteiger partial charge in [-0.15, -0.1) is 34.4 Å². The number of amides is 1. The van der Waals surface area contributed by atoms with E-state index in [0.29, 0.717) is 6.54 Å². The summed E-state index contributed by atoms with van der Waals surface area (Å²) >= 11 is 4.95. The van der Waals surface area contributed by atoms with E-state index in [1.165, 1.54) is 10.4 Å². The van der Waals surface area contributed by atoms with Gasteiger partial charge in [-0.1, -0.05) is 12.1 Å². The van der Waals surface area contributed by atoms with E-state index in [2.05, 4.69) is 23.4 Å². The monoisotopic (exact) mass is 374 g/mol. The number of thiazole rings is 1. The van der Waals surface area contributed by atoms with Crippen LogP contribution in [0.3, 0.4) is 0 Å². The van der Waals surface area contributed by atoms with E-state index in [-0.39, 0.29) is 5.91 Å². The number of rotatable bonds is 6. The number of aromatic nitrogens is 1. The molecule has 0 N–H and O–H groups in total. The molecule has 2 heterocycles. The normalized spacial score (nSPS) is 10.8. The molecule has 0 aliphatic heterocycles. The highest BCUT2D eigenvalue weighted by molar-refractivity contribution is 7.98. The summed E-state index contributed by atoms with van der Waals surface area (Å²) in [4.78, 5) is 21.2. The summed E-state index contributed by atoms with van der Waals surface area (Å²) in [5.74, 6) is 0.839. The lowest BCUT2D eigenvalue weighted by atomic mass is 10.2. The maximum atomic E-state index is 12.9. The zero-order valence-corrected chi connectivity index (χ0v) is 16.0. The maximum Gasteiger partial charge on any atom is 0.255 e. The quantitative estimate of drug-likeness (QED) is 0.564. The molecule has 0 bridgehead atoms. The number of thiophene rings is 1. The largest absolute Gasteiger partial charge is 0.337 e. The molecule has 3 aromatic rings. The smallest absolute Gasteiger partial charge is 0.255 e. The van der Waals surface area contributed by atoms with E-state index in [4.69, 9.17) is 0 Å². The first-order valence-electron chi connectivity index (χ1n) is 7.52. The third-order valence-electron chi connectivity index (χ3n) is 3.67. The second-order valence-electron chi connectivity index (χ2n) is 5.45. The summed E-state index contributed by atoms with van der Waals surface area (Å²) in [6, 6.07) is 9.90. The first-order chi connectivity index (χ1) is 11.6. The predicted octanol–water partition coefficient (Wildman–Crippen LogP) is 5.08. The third-order valence-corrected chi connectivity index (χ3v) is 6.42. The fraction of sp³-hybridized carbons (Fsp3) is 0.222. The Labute approximate surface area is 154 Å². The number of carbonyl (C=O) groups is 1. The number of nitrogens with zero attached hydrogens (tertiary/aromatic N) is 2. The van der Waals surface area contributed by atoms with Crippen LogP contribution in [0.5, 0.6) is 0 Å². The molecule has 1 aromatic carbocycles. The van der Waals surface area contributed by atoms with Gasteiger partial charge in [0.2, 0.25) is 0 Å². The minimum absolute atomic E-state index is 0.0594. The topological polar surface area (TPSA) is 33.2 Å². The van der Waals surface area contributed by atoms with Gasteiger partial charge in [0.15, 0.2) is 0 Å². The standard InChI is InChI=1S/C18H18N2OS3/c1-13-7-8-23-17(13)9-20(2)18(21)15-5-3-4-6-16(15)24-11-14-10-22-12-19-14/h3-8,10,12H,9,11H2,1-2H3. The Morgan fingerprint density at radius 3 is 2.83 bits per heavy atom. The lowest BCUT2D eigenvalue weighted by Crippen LogP contribution is -2.26. The van der Waals surface area contributed by atoms with Crippen molar-refractivity contribution in [1.29, 1.82) is 0 Å². The molecule has 0 fully saturated rings. The molecular formula is C18H18N2OS3. The van der Waals surface area contributed by atoms with Gasteiger partial charge < -0.3 is 4.90 Å². The Kier molecular flexibility index (Phi) is 5.71. The SMILES string of the molecule is Cc1ccsc1CN(C)C(=O)c1ccccc1SCc1cscn1. The molecule has 3 nitrogen and oxygen atoms in total. The molecule has 0 unspecified atom stereocenters. The van der Waals surface area contributed by atoms with Gasteiger partial charge in [-0.3, -0.25) is 4.79 Å². The molecular weight excluding hydrogens is 356 g/mol. The number of thioether (sulfide) groups is 1. The first kappa shape index (κ1) is 17.2. The van der Waals surface area contributed by atoms with Crippen molar-refractivity contribution in [1.82, 2.24) is 9.88 Å². The minimum Gasteiger partial charge on any atom is -0.337 e. The van der Waals surface area contributed by atoms with Crippen LogP contribution in [-0.2, 0) is 12.3 Å². The Balaban J connectivity index is 1.73. The van der Waals surface area contributed by atoms with Gasteiger partial charge >= 0.3 is 0 Å². The van der Waals surface area contributed by atoms with E-state index in [9.17, 15) is 4.79 Å². The van der Waals surface area contributed by atoms with Crippen molar-refractivity contribution in [2.45, 2.75) is 24.1 Å². The van der Waals surface area contributed by atoms with Crippen LogP contribution >= 0.6 is 34.4 Å². The van der Waals surface area contributed by atoms with Gasteiger partial charge in [0.25, 0.3) is 5.91 Å². The van der Waals surface area contributed by atoms with Crippen LogP contribution in [0.25, 0.3) is 0 Å². The van der Waals surface area contributed by atoms with Gasteiger partial charge in [-0.25, -0.2) is 4.98 Å². The molecule has 24 heavy (non-hydrogen) atoms. The van der Waals surface area contributed by atoms with Crippen molar-refractivity contribution < 1.29 is 4.79 Å². The lowest BCUT2D eigenvalue weighted by Gasteiger charge is -2.18. The Bertz CT molecular complexity index is 811. The second kappa shape index (κ2) is 7.96. The van der Waals surface area contributed by atoms with Gasteiger partial charge in [-0.2, -0.15) is 0 Å². The van der Waals surface area contributed by atoms with Gasteiger partial charge in [0.05, 0.1) is 23.3 Å². The molecule has 2 aromatic heterocycles. The summed E-state index contributed by atoms with van der Waals surface area (Å²) in [6.07, 6.45) is 0. The summed E-state index contributed by atoms with van der Waals surface area (Å²) in [6.45, 7) is 2.73. The van der Waals surface area contributed by atoms with Crippen molar-refractivity contribution in [3.63, 3.8) is 0 Å². The molecule has 0 radical (unpaired) electrons. The maximum absolute atomic E-state index is 12.9. The van der Waals surface area contributed by atoms with Crippen LogP contribution in [0.2, 0.25) is 0 Å². The number of benzene rings is 1. The molecule has 0 spiro atoms. The van der Waals surface area contributed by atoms with Gasteiger partial charge in [-0.05, 0) is 36.1 Å². The fourth-order valence-electron chi connectivity index (χ4n) is 2.29. The first-order valence-corrected chi connectivity index (χ1v) is 10.3. The van der Waals surface area contributed by atoms with Gasteiger partial charge in [0, 0.05) is 28.0 Å². The Morgan fingerprint density at radius 2 is 2.12 bits per heavy atom. The molecule has 1 amide bonds. The number of aryl methyl sites for hydroxylation is 1. The van der Waals surface area contributed by atoms with E-state index in [0.717, 1.165) is 21.9 Å². The average molecular weight is 375 g/mol. The number of hydrogen-bond acceptors (Lipinski definition) is 5.